The van der Waals surface area contributed by atoms with Crippen LogP contribution in [0.5, 0.6) is 0 Å². The van der Waals surface area contributed by atoms with E-state index in [9.17, 15) is 4.79 Å². The van der Waals surface area contributed by atoms with Crippen LogP contribution in [-0.2, 0) is 0 Å². The van der Waals surface area contributed by atoms with Gasteiger partial charge in [-0.3, -0.25) is 4.79 Å². The minimum absolute atomic E-state index is 0.0374. The van der Waals surface area contributed by atoms with Crippen LogP contribution in [0.2, 0.25) is 5.15 Å². The van der Waals surface area contributed by atoms with Gasteiger partial charge in [0.1, 0.15) is 11.0 Å². The Hall–Kier alpha value is -1.29. The maximum atomic E-state index is 12.7. The van der Waals surface area contributed by atoms with E-state index < -0.39 is 0 Å². The van der Waals surface area contributed by atoms with E-state index >= 15 is 0 Å². The summed E-state index contributed by atoms with van der Waals surface area (Å²) in [5.74, 6) is 1.36. The Balaban J connectivity index is 2.20. The molecule has 0 radical (unpaired) electrons. The first-order chi connectivity index (χ1) is 9.51. The molecule has 110 valence electrons. The van der Waals surface area contributed by atoms with Crippen molar-refractivity contribution in [2.75, 3.05) is 18.4 Å². The number of nitrogens with zero attached hydrogens (tertiary/aromatic N) is 2. The van der Waals surface area contributed by atoms with Crippen LogP contribution in [-0.4, -0.2) is 34.9 Å². The molecule has 0 atom stereocenters. The molecule has 0 aromatic carbocycles. The number of anilines is 1. The molecule has 0 saturated heterocycles. The second-order valence-corrected chi connectivity index (χ2v) is 5.98. The second kappa shape index (κ2) is 6.44. The predicted octanol–water partition coefficient (Wildman–Crippen LogP) is 3.43. The van der Waals surface area contributed by atoms with Crippen LogP contribution in [0, 0.1) is 5.92 Å². The van der Waals surface area contributed by atoms with E-state index in [0.29, 0.717) is 22.5 Å². The summed E-state index contributed by atoms with van der Waals surface area (Å²) in [6, 6.07) is 3.62. The van der Waals surface area contributed by atoms with Gasteiger partial charge in [-0.05, 0) is 51.7 Å². The number of aromatic nitrogens is 1. The Morgan fingerprint density at radius 3 is 2.75 bits per heavy atom. The van der Waals surface area contributed by atoms with Crippen molar-refractivity contribution in [2.24, 2.45) is 5.92 Å². The summed E-state index contributed by atoms with van der Waals surface area (Å²) in [5.41, 5.74) is 0.607. The first-order valence-electron chi connectivity index (χ1n) is 7.23. The molecule has 0 unspecified atom stereocenters. The van der Waals surface area contributed by atoms with Crippen LogP contribution in [0.15, 0.2) is 12.1 Å². The SMILES string of the molecule is CCNc1cc(C(=O)N(CC2CC2)C(C)C)cc(Cl)n1. The van der Waals surface area contributed by atoms with E-state index in [0.717, 1.165) is 13.1 Å². The molecule has 1 aromatic heterocycles. The highest BCUT2D eigenvalue weighted by atomic mass is 35.5. The third kappa shape index (κ3) is 3.85. The molecule has 2 rings (SSSR count). The zero-order valence-electron chi connectivity index (χ0n) is 12.3. The van der Waals surface area contributed by atoms with Crippen molar-refractivity contribution in [1.29, 1.82) is 0 Å². The van der Waals surface area contributed by atoms with Crippen LogP contribution in [0.1, 0.15) is 44.0 Å². The summed E-state index contributed by atoms with van der Waals surface area (Å²) in [7, 11) is 0. The van der Waals surface area contributed by atoms with Crippen molar-refractivity contribution in [1.82, 2.24) is 9.88 Å². The third-order valence-electron chi connectivity index (χ3n) is 3.43. The quantitative estimate of drug-likeness (QED) is 0.818. The average molecular weight is 296 g/mol. The van der Waals surface area contributed by atoms with Gasteiger partial charge in [0, 0.05) is 24.7 Å². The lowest BCUT2D eigenvalue weighted by Crippen LogP contribution is -2.38. The summed E-state index contributed by atoms with van der Waals surface area (Å²) < 4.78 is 0. The molecule has 1 saturated carbocycles. The van der Waals surface area contributed by atoms with Crippen molar-refractivity contribution in [2.45, 2.75) is 39.7 Å². The Morgan fingerprint density at radius 2 is 2.20 bits per heavy atom. The molecule has 1 N–H and O–H groups in total. The third-order valence-corrected chi connectivity index (χ3v) is 3.63. The van der Waals surface area contributed by atoms with Crippen LogP contribution in [0.4, 0.5) is 5.82 Å². The van der Waals surface area contributed by atoms with Gasteiger partial charge < -0.3 is 10.2 Å². The summed E-state index contributed by atoms with van der Waals surface area (Å²) in [5, 5.41) is 3.45. The average Bonchev–Trinajstić information content (AvgIpc) is 3.18. The smallest absolute Gasteiger partial charge is 0.254 e. The number of amides is 1. The van der Waals surface area contributed by atoms with Crippen LogP contribution in [0.25, 0.3) is 0 Å². The Kier molecular flexibility index (Phi) is 4.86. The molecular formula is C15H22ClN3O. The zero-order chi connectivity index (χ0) is 14.7. The minimum Gasteiger partial charge on any atom is -0.370 e. The Morgan fingerprint density at radius 1 is 1.50 bits per heavy atom. The molecule has 20 heavy (non-hydrogen) atoms. The summed E-state index contributed by atoms with van der Waals surface area (Å²) in [6.07, 6.45) is 2.46. The standard InChI is InChI=1S/C15H22ClN3O/c1-4-17-14-8-12(7-13(16)18-14)15(20)19(10(2)3)9-11-5-6-11/h7-8,10-11H,4-6,9H2,1-3H3,(H,17,18). The van der Waals surface area contributed by atoms with Crippen LogP contribution in [0.3, 0.4) is 0 Å². The maximum Gasteiger partial charge on any atom is 0.254 e. The number of halogens is 1. The number of hydrogen-bond acceptors (Lipinski definition) is 3. The molecule has 0 aliphatic heterocycles. The van der Waals surface area contributed by atoms with Gasteiger partial charge in [-0.25, -0.2) is 4.98 Å². The zero-order valence-corrected chi connectivity index (χ0v) is 13.1. The molecule has 1 aliphatic carbocycles. The molecule has 1 aromatic rings. The van der Waals surface area contributed by atoms with Gasteiger partial charge in [-0.1, -0.05) is 11.6 Å². The van der Waals surface area contributed by atoms with Gasteiger partial charge in [0.15, 0.2) is 0 Å². The molecule has 0 spiro atoms. The van der Waals surface area contributed by atoms with Crippen molar-refractivity contribution in [3.05, 3.63) is 22.8 Å². The van der Waals surface area contributed by atoms with Gasteiger partial charge in [0.2, 0.25) is 0 Å². The summed E-state index contributed by atoms with van der Waals surface area (Å²) in [6.45, 7) is 7.67. The van der Waals surface area contributed by atoms with Crippen LogP contribution >= 0.6 is 11.6 Å². The Labute approximate surface area is 125 Å². The number of carbonyl (C=O) groups is 1. The van der Waals surface area contributed by atoms with Crippen molar-refractivity contribution < 1.29 is 4.79 Å². The highest BCUT2D eigenvalue weighted by Gasteiger charge is 2.29. The molecule has 5 heteroatoms. The first kappa shape index (κ1) is 15.1. The summed E-state index contributed by atoms with van der Waals surface area (Å²) in [4.78, 5) is 18.8. The minimum atomic E-state index is 0.0374. The van der Waals surface area contributed by atoms with Gasteiger partial charge >= 0.3 is 0 Å². The van der Waals surface area contributed by atoms with E-state index in [1.54, 1.807) is 12.1 Å². The molecule has 1 amide bonds. The van der Waals surface area contributed by atoms with E-state index in [1.807, 2.05) is 25.7 Å². The highest BCUT2D eigenvalue weighted by Crippen LogP contribution is 2.31. The topological polar surface area (TPSA) is 45.2 Å². The fourth-order valence-electron chi connectivity index (χ4n) is 2.16. The normalized spacial score (nSPS) is 14.4. The molecule has 1 aliphatic rings. The van der Waals surface area contributed by atoms with Crippen molar-refractivity contribution in [3.63, 3.8) is 0 Å². The van der Waals surface area contributed by atoms with Gasteiger partial charge in [0.05, 0.1) is 0 Å². The van der Waals surface area contributed by atoms with Crippen molar-refractivity contribution >= 4 is 23.3 Å². The number of carbonyl (C=O) groups excluding carboxylic acids is 1. The van der Waals surface area contributed by atoms with Crippen LogP contribution < -0.4 is 5.32 Å². The van der Waals surface area contributed by atoms with Crippen molar-refractivity contribution in [3.8, 4) is 0 Å². The van der Waals surface area contributed by atoms with E-state index in [-0.39, 0.29) is 11.9 Å². The first-order valence-corrected chi connectivity index (χ1v) is 7.61. The fourth-order valence-corrected chi connectivity index (χ4v) is 2.37. The predicted molar refractivity (Wildman–Crippen MR) is 82.3 cm³/mol. The van der Waals surface area contributed by atoms with Gasteiger partial charge in [-0.2, -0.15) is 0 Å². The lowest BCUT2D eigenvalue weighted by Gasteiger charge is -2.27. The molecule has 4 nitrogen and oxygen atoms in total. The number of nitrogens with one attached hydrogen (secondary N) is 1. The van der Waals surface area contributed by atoms with E-state index in [1.165, 1.54) is 12.8 Å². The summed E-state index contributed by atoms with van der Waals surface area (Å²) >= 11 is 6.01. The maximum absolute atomic E-state index is 12.7. The number of pyridine rings is 1. The lowest BCUT2D eigenvalue weighted by atomic mass is 10.2. The Bertz CT molecular complexity index is 486. The fraction of sp³-hybridized carbons (Fsp3) is 0.600. The highest BCUT2D eigenvalue weighted by molar-refractivity contribution is 6.29. The molecule has 1 heterocycles. The lowest BCUT2D eigenvalue weighted by molar-refractivity contribution is 0.0696. The molecule has 1 fully saturated rings. The van der Waals surface area contributed by atoms with E-state index in [2.05, 4.69) is 10.3 Å². The van der Waals surface area contributed by atoms with Gasteiger partial charge in [-0.15, -0.1) is 0 Å². The number of rotatable bonds is 6. The molecule has 0 bridgehead atoms. The largest absolute Gasteiger partial charge is 0.370 e. The second-order valence-electron chi connectivity index (χ2n) is 5.59. The monoisotopic (exact) mass is 295 g/mol. The van der Waals surface area contributed by atoms with E-state index in [4.69, 9.17) is 11.6 Å². The number of hydrogen-bond donors (Lipinski definition) is 1. The molecular weight excluding hydrogens is 274 g/mol. The van der Waals surface area contributed by atoms with Gasteiger partial charge in [0.25, 0.3) is 5.91 Å².